The van der Waals surface area contributed by atoms with Crippen molar-refractivity contribution in [2.75, 3.05) is 32.6 Å². The molecule has 0 spiro atoms. The van der Waals surface area contributed by atoms with Crippen LogP contribution in [0.5, 0.6) is 11.5 Å². The topological polar surface area (TPSA) is 84.9 Å². The molecule has 4 rings (SSSR count). The van der Waals surface area contributed by atoms with Gasteiger partial charge in [0, 0.05) is 30.2 Å². The molecule has 7 nitrogen and oxygen atoms in total. The van der Waals surface area contributed by atoms with Crippen molar-refractivity contribution in [2.24, 2.45) is 5.92 Å². The van der Waals surface area contributed by atoms with Crippen molar-refractivity contribution in [1.82, 2.24) is 4.31 Å². The molecule has 1 saturated heterocycles. The molecule has 1 aliphatic rings. The second kappa shape index (κ2) is 9.18. The average molecular weight is 455 g/mol. The van der Waals surface area contributed by atoms with E-state index in [2.05, 4.69) is 5.32 Å². The van der Waals surface area contributed by atoms with E-state index in [1.54, 1.807) is 12.1 Å². The minimum atomic E-state index is -3.86. The van der Waals surface area contributed by atoms with Crippen molar-refractivity contribution in [3.63, 3.8) is 0 Å². The Morgan fingerprint density at radius 1 is 1.03 bits per heavy atom. The number of nitrogens with one attached hydrogen (secondary N) is 1. The van der Waals surface area contributed by atoms with Gasteiger partial charge in [0.15, 0.2) is 0 Å². The molecule has 0 aliphatic carbocycles. The molecule has 32 heavy (non-hydrogen) atoms. The zero-order chi connectivity index (χ0) is 22.7. The second-order valence-electron chi connectivity index (χ2n) is 7.73. The number of carbonyl (C=O) groups excluding carboxylic acids is 1. The highest BCUT2D eigenvalue weighted by molar-refractivity contribution is 7.89. The van der Waals surface area contributed by atoms with Crippen LogP contribution >= 0.6 is 0 Å². The molecule has 3 aromatic carbocycles. The van der Waals surface area contributed by atoms with Gasteiger partial charge in [0.05, 0.1) is 20.1 Å². The number of carbonyl (C=O) groups is 1. The highest BCUT2D eigenvalue weighted by Crippen LogP contribution is 2.33. The number of anilines is 1. The van der Waals surface area contributed by atoms with Crippen LogP contribution in [0, 0.1) is 5.92 Å². The summed E-state index contributed by atoms with van der Waals surface area (Å²) in [5.41, 5.74) is 0.725. The largest absolute Gasteiger partial charge is 0.497 e. The van der Waals surface area contributed by atoms with E-state index in [4.69, 9.17) is 9.47 Å². The zero-order valence-corrected chi connectivity index (χ0v) is 18.9. The summed E-state index contributed by atoms with van der Waals surface area (Å²) in [7, 11) is -0.956. The molecule has 1 amide bonds. The van der Waals surface area contributed by atoms with Crippen LogP contribution in [0.4, 0.5) is 5.69 Å². The third kappa shape index (κ3) is 4.28. The molecule has 1 heterocycles. The van der Waals surface area contributed by atoms with E-state index in [-0.39, 0.29) is 23.1 Å². The SMILES string of the molecule is COc1ccc(OC)c(S(=O)(=O)N2CCC[C@@H](C(=O)Nc3cccc4ccccc34)C2)c1. The fourth-order valence-corrected chi connectivity index (χ4v) is 5.76. The number of piperidine rings is 1. The summed E-state index contributed by atoms with van der Waals surface area (Å²) in [6.07, 6.45) is 1.22. The third-order valence-corrected chi connectivity index (χ3v) is 7.68. The Labute approximate surface area is 188 Å². The summed E-state index contributed by atoms with van der Waals surface area (Å²) in [6, 6.07) is 18.2. The first-order valence-electron chi connectivity index (χ1n) is 10.4. The van der Waals surface area contributed by atoms with E-state index in [0.29, 0.717) is 25.1 Å². The molecule has 8 heteroatoms. The Morgan fingerprint density at radius 3 is 2.59 bits per heavy atom. The quantitative estimate of drug-likeness (QED) is 0.611. The van der Waals surface area contributed by atoms with Crippen LogP contribution in [-0.4, -0.2) is 45.9 Å². The van der Waals surface area contributed by atoms with Crippen LogP contribution in [0.3, 0.4) is 0 Å². The van der Waals surface area contributed by atoms with Crippen LogP contribution in [0.25, 0.3) is 10.8 Å². The molecule has 1 atom stereocenters. The summed E-state index contributed by atoms with van der Waals surface area (Å²) in [5, 5.41) is 4.98. The number of amides is 1. The molecule has 0 unspecified atom stereocenters. The molecular formula is C24H26N2O5S. The number of ether oxygens (including phenoxy) is 2. The Kier molecular flexibility index (Phi) is 6.34. The Balaban J connectivity index is 1.56. The number of sulfonamides is 1. The number of methoxy groups -OCH3 is 2. The van der Waals surface area contributed by atoms with E-state index in [0.717, 1.165) is 16.5 Å². The van der Waals surface area contributed by atoms with Gasteiger partial charge in [0.25, 0.3) is 0 Å². The van der Waals surface area contributed by atoms with Gasteiger partial charge in [-0.15, -0.1) is 0 Å². The molecule has 0 radical (unpaired) electrons. The maximum absolute atomic E-state index is 13.4. The lowest BCUT2D eigenvalue weighted by Gasteiger charge is -2.31. The van der Waals surface area contributed by atoms with Crippen molar-refractivity contribution >= 4 is 32.4 Å². The molecule has 1 fully saturated rings. The predicted molar refractivity (Wildman–Crippen MR) is 124 cm³/mol. The number of fused-ring (bicyclic) bond motifs is 1. The minimum absolute atomic E-state index is 0.0365. The summed E-state index contributed by atoms with van der Waals surface area (Å²) >= 11 is 0. The van der Waals surface area contributed by atoms with E-state index in [1.807, 2.05) is 42.5 Å². The van der Waals surface area contributed by atoms with Crippen molar-refractivity contribution in [3.05, 3.63) is 60.7 Å². The van der Waals surface area contributed by atoms with Crippen LogP contribution in [0.2, 0.25) is 0 Å². The molecular weight excluding hydrogens is 428 g/mol. The number of hydrogen-bond donors (Lipinski definition) is 1. The fraction of sp³-hybridized carbons (Fsp3) is 0.292. The van der Waals surface area contributed by atoms with Crippen LogP contribution in [0.1, 0.15) is 12.8 Å². The summed E-state index contributed by atoms with van der Waals surface area (Å²) in [5.74, 6) is 0.0349. The first-order valence-corrected chi connectivity index (χ1v) is 11.9. The van der Waals surface area contributed by atoms with Gasteiger partial charge < -0.3 is 14.8 Å². The van der Waals surface area contributed by atoms with Crippen LogP contribution in [0.15, 0.2) is 65.6 Å². The highest BCUT2D eigenvalue weighted by atomic mass is 32.2. The zero-order valence-electron chi connectivity index (χ0n) is 18.1. The number of hydrogen-bond acceptors (Lipinski definition) is 5. The Hall–Kier alpha value is -3.10. The van der Waals surface area contributed by atoms with E-state index in [9.17, 15) is 13.2 Å². The van der Waals surface area contributed by atoms with Gasteiger partial charge in [-0.2, -0.15) is 4.31 Å². The summed E-state index contributed by atoms with van der Waals surface area (Å²) < 4.78 is 38.6. The lowest BCUT2D eigenvalue weighted by atomic mass is 9.98. The van der Waals surface area contributed by atoms with Gasteiger partial charge in [-0.1, -0.05) is 36.4 Å². The van der Waals surface area contributed by atoms with Gasteiger partial charge in [-0.25, -0.2) is 8.42 Å². The Morgan fingerprint density at radius 2 is 1.81 bits per heavy atom. The lowest BCUT2D eigenvalue weighted by Crippen LogP contribution is -2.43. The van der Waals surface area contributed by atoms with Crippen LogP contribution in [-0.2, 0) is 14.8 Å². The molecule has 0 aromatic heterocycles. The van der Waals surface area contributed by atoms with Crippen LogP contribution < -0.4 is 14.8 Å². The average Bonchev–Trinajstić information content (AvgIpc) is 2.84. The standard InChI is InChI=1S/C24H26N2O5S/c1-30-19-12-13-22(31-2)23(15-19)32(28,29)26-14-6-9-18(16-26)24(27)25-21-11-5-8-17-7-3-4-10-20(17)21/h3-5,7-8,10-13,15,18H,6,9,14,16H2,1-2H3,(H,25,27)/t18-/m1/s1. The first kappa shape index (κ1) is 22.1. The number of benzene rings is 3. The van der Waals surface area contributed by atoms with Crippen molar-refractivity contribution in [3.8, 4) is 11.5 Å². The fourth-order valence-electron chi connectivity index (χ4n) is 4.07. The van der Waals surface area contributed by atoms with Crippen molar-refractivity contribution < 1.29 is 22.7 Å². The highest BCUT2D eigenvalue weighted by Gasteiger charge is 2.35. The summed E-state index contributed by atoms with van der Waals surface area (Å²) in [4.78, 5) is 13.1. The van der Waals surface area contributed by atoms with Gasteiger partial charge >= 0.3 is 0 Å². The maximum Gasteiger partial charge on any atom is 0.246 e. The normalized spacial score (nSPS) is 17.1. The van der Waals surface area contributed by atoms with Gasteiger partial charge in [-0.05, 0) is 36.4 Å². The number of nitrogens with zero attached hydrogens (tertiary/aromatic N) is 1. The Bertz CT molecular complexity index is 1240. The molecule has 168 valence electrons. The van der Waals surface area contributed by atoms with E-state index >= 15 is 0 Å². The van der Waals surface area contributed by atoms with Gasteiger partial charge in [-0.3, -0.25) is 4.79 Å². The maximum atomic E-state index is 13.4. The molecule has 1 N–H and O–H groups in total. The second-order valence-corrected chi connectivity index (χ2v) is 9.64. The summed E-state index contributed by atoms with van der Waals surface area (Å²) in [6.45, 7) is 0.458. The molecule has 3 aromatic rings. The third-order valence-electron chi connectivity index (χ3n) is 5.79. The molecule has 1 aliphatic heterocycles. The molecule has 0 saturated carbocycles. The van der Waals surface area contributed by atoms with E-state index in [1.165, 1.54) is 24.6 Å². The van der Waals surface area contributed by atoms with Gasteiger partial charge in [0.2, 0.25) is 15.9 Å². The number of rotatable bonds is 6. The molecule has 0 bridgehead atoms. The predicted octanol–water partition coefficient (Wildman–Crippen LogP) is 3.90. The minimum Gasteiger partial charge on any atom is -0.497 e. The first-order chi connectivity index (χ1) is 15.4. The van der Waals surface area contributed by atoms with Gasteiger partial charge in [0.1, 0.15) is 16.4 Å². The van der Waals surface area contributed by atoms with Crippen molar-refractivity contribution in [2.45, 2.75) is 17.7 Å². The van der Waals surface area contributed by atoms with E-state index < -0.39 is 15.9 Å². The monoisotopic (exact) mass is 454 g/mol. The smallest absolute Gasteiger partial charge is 0.246 e. The van der Waals surface area contributed by atoms with Crippen molar-refractivity contribution in [1.29, 1.82) is 0 Å². The lowest BCUT2D eigenvalue weighted by molar-refractivity contribution is -0.120.